The Morgan fingerprint density at radius 3 is 2.45 bits per heavy atom. The van der Waals surface area contributed by atoms with E-state index in [9.17, 15) is 0 Å². The molecule has 4 heteroatoms. The van der Waals surface area contributed by atoms with Gasteiger partial charge in [-0.25, -0.2) is 4.98 Å². The lowest BCUT2D eigenvalue weighted by Gasteiger charge is -2.14. The summed E-state index contributed by atoms with van der Waals surface area (Å²) in [6, 6.07) is 0. The van der Waals surface area contributed by atoms with Crippen LogP contribution >= 0.6 is 34.2 Å². The van der Waals surface area contributed by atoms with Crippen molar-refractivity contribution in [1.29, 1.82) is 0 Å². The number of rotatable bonds is 1. The summed E-state index contributed by atoms with van der Waals surface area (Å²) in [5.74, 6) is 0. The van der Waals surface area contributed by atoms with E-state index < -0.39 is 0 Å². The third kappa shape index (κ3) is 2.30. The van der Waals surface area contributed by atoms with Crippen molar-refractivity contribution in [2.45, 2.75) is 26.2 Å². The molecule has 0 aliphatic rings. The molecule has 0 aromatic carbocycles. The van der Waals surface area contributed by atoms with Crippen molar-refractivity contribution in [1.82, 2.24) is 4.98 Å². The van der Waals surface area contributed by atoms with Gasteiger partial charge in [0.1, 0.15) is 0 Å². The highest BCUT2D eigenvalue weighted by Crippen LogP contribution is 2.30. The van der Waals surface area contributed by atoms with E-state index in [0.717, 1.165) is 5.13 Å². The number of nitrogens with zero attached hydrogens (tertiary/aromatic N) is 1. The molecule has 1 aromatic rings. The van der Waals surface area contributed by atoms with Gasteiger partial charge in [-0.05, 0) is 5.41 Å². The van der Waals surface area contributed by atoms with Gasteiger partial charge in [0.15, 0.2) is 5.13 Å². The molecule has 1 rings (SSSR count). The molecule has 0 bridgehead atoms. The first-order valence-electron chi connectivity index (χ1n) is 3.37. The van der Waals surface area contributed by atoms with Crippen LogP contribution in [0.4, 0.5) is 5.13 Å². The third-order valence-corrected chi connectivity index (χ3v) is 3.54. The number of halogens is 1. The molecule has 0 fully saturated rings. The molecule has 0 unspecified atom stereocenters. The van der Waals surface area contributed by atoms with Crippen LogP contribution < -0.4 is 3.53 Å². The summed E-state index contributed by atoms with van der Waals surface area (Å²) < 4.78 is 3.00. The van der Waals surface area contributed by atoms with Crippen LogP contribution in [0, 0.1) is 0 Å². The molecule has 0 saturated carbocycles. The molecule has 0 atom stereocenters. The Labute approximate surface area is 84.9 Å². The number of hydrogen-bond acceptors (Lipinski definition) is 3. The number of nitrogens with one attached hydrogen (secondary N) is 1. The summed E-state index contributed by atoms with van der Waals surface area (Å²) in [5, 5.41) is 0.982. The van der Waals surface area contributed by atoms with E-state index in [1.807, 2.05) is 6.20 Å². The number of anilines is 1. The predicted molar refractivity (Wildman–Crippen MR) is 58.5 cm³/mol. The van der Waals surface area contributed by atoms with Crippen LogP contribution in [0.25, 0.3) is 0 Å². The van der Waals surface area contributed by atoms with Gasteiger partial charge in [-0.15, -0.1) is 11.3 Å². The zero-order valence-corrected chi connectivity index (χ0v) is 9.78. The van der Waals surface area contributed by atoms with Crippen LogP contribution in [0.1, 0.15) is 25.6 Å². The molecular formula is C7H11IN2S. The molecule has 2 nitrogen and oxygen atoms in total. The molecular weight excluding hydrogens is 271 g/mol. The molecule has 0 spiro atoms. The van der Waals surface area contributed by atoms with Gasteiger partial charge >= 0.3 is 0 Å². The van der Waals surface area contributed by atoms with E-state index in [2.05, 4.69) is 52.1 Å². The monoisotopic (exact) mass is 282 g/mol. The van der Waals surface area contributed by atoms with Crippen LogP contribution in [0.3, 0.4) is 0 Å². The summed E-state index contributed by atoms with van der Waals surface area (Å²) in [6.07, 6.45) is 1.94. The van der Waals surface area contributed by atoms with Gasteiger partial charge < -0.3 is 3.53 Å². The van der Waals surface area contributed by atoms with E-state index in [0.29, 0.717) is 0 Å². The summed E-state index contributed by atoms with van der Waals surface area (Å²) in [6.45, 7) is 6.58. The van der Waals surface area contributed by atoms with Crippen LogP contribution in [-0.2, 0) is 5.41 Å². The topological polar surface area (TPSA) is 24.9 Å². The zero-order valence-electron chi connectivity index (χ0n) is 6.81. The first kappa shape index (κ1) is 9.25. The molecule has 1 aromatic heterocycles. The predicted octanol–water partition coefficient (Wildman–Crippen LogP) is 3.20. The van der Waals surface area contributed by atoms with Crippen molar-refractivity contribution >= 4 is 39.3 Å². The quantitative estimate of drug-likeness (QED) is 0.632. The first-order valence-corrected chi connectivity index (χ1v) is 5.26. The summed E-state index contributed by atoms with van der Waals surface area (Å²) >= 11 is 3.80. The molecule has 62 valence electrons. The fourth-order valence-electron chi connectivity index (χ4n) is 0.665. The lowest BCUT2D eigenvalue weighted by atomic mass is 9.96. The second-order valence-electron chi connectivity index (χ2n) is 3.37. The minimum atomic E-state index is 0.226. The number of thiazole rings is 1. The highest BCUT2D eigenvalue weighted by Gasteiger charge is 2.16. The van der Waals surface area contributed by atoms with Crippen molar-refractivity contribution in [3.8, 4) is 0 Å². The minimum Gasteiger partial charge on any atom is -0.304 e. The smallest absolute Gasteiger partial charge is 0.191 e. The highest BCUT2D eigenvalue weighted by atomic mass is 127. The Balaban J connectivity index is 2.89. The van der Waals surface area contributed by atoms with E-state index in [1.165, 1.54) is 4.88 Å². The van der Waals surface area contributed by atoms with Gasteiger partial charge in [0, 0.05) is 11.1 Å². The molecule has 0 amide bonds. The standard InChI is InChI=1S/C7H11IN2S/c1-7(2,3)5-4-9-6(10-8)11-5/h4H,1-3H3,(H,9,10). The normalized spacial score (nSPS) is 11.6. The van der Waals surface area contributed by atoms with Gasteiger partial charge in [-0.1, -0.05) is 20.8 Å². The average Bonchev–Trinajstić information content (AvgIpc) is 2.32. The lowest BCUT2D eigenvalue weighted by Crippen LogP contribution is -2.07. The Hall–Kier alpha value is 0.160. The van der Waals surface area contributed by atoms with E-state index >= 15 is 0 Å². The Morgan fingerprint density at radius 1 is 1.55 bits per heavy atom. The Morgan fingerprint density at radius 2 is 2.18 bits per heavy atom. The van der Waals surface area contributed by atoms with Gasteiger partial charge in [0.25, 0.3) is 0 Å². The maximum Gasteiger partial charge on any atom is 0.191 e. The van der Waals surface area contributed by atoms with E-state index in [1.54, 1.807) is 11.3 Å². The Kier molecular flexibility index (Phi) is 2.74. The molecule has 0 saturated heterocycles. The Bertz CT molecular complexity index is 239. The highest BCUT2D eigenvalue weighted by molar-refractivity contribution is 14.1. The van der Waals surface area contributed by atoms with Crippen molar-refractivity contribution < 1.29 is 0 Å². The van der Waals surface area contributed by atoms with Gasteiger partial charge in [-0.2, -0.15) is 0 Å². The van der Waals surface area contributed by atoms with Crippen LogP contribution in [0.15, 0.2) is 6.20 Å². The molecule has 0 aliphatic carbocycles. The second-order valence-corrected chi connectivity index (χ2v) is 4.94. The van der Waals surface area contributed by atoms with Crippen LogP contribution in [-0.4, -0.2) is 4.98 Å². The SMILES string of the molecule is CC(C)(C)c1cnc(NI)s1. The second kappa shape index (κ2) is 3.26. The van der Waals surface area contributed by atoms with Gasteiger partial charge in [0.2, 0.25) is 0 Å². The minimum absolute atomic E-state index is 0.226. The number of aromatic nitrogens is 1. The molecule has 0 radical (unpaired) electrons. The van der Waals surface area contributed by atoms with Crippen molar-refractivity contribution in [3.05, 3.63) is 11.1 Å². The zero-order chi connectivity index (χ0) is 8.48. The van der Waals surface area contributed by atoms with Gasteiger partial charge in [0.05, 0.1) is 22.9 Å². The largest absolute Gasteiger partial charge is 0.304 e. The maximum absolute atomic E-state index is 4.20. The third-order valence-electron chi connectivity index (χ3n) is 1.33. The molecule has 11 heavy (non-hydrogen) atoms. The van der Waals surface area contributed by atoms with Crippen LogP contribution in [0.2, 0.25) is 0 Å². The number of hydrogen-bond donors (Lipinski definition) is 1. The van der Waals surface area contributed by atoms with Crippen molar-refractivity contribution in [2.24, 2.45) is 0 Å². The first-order chi connectivity index (χ1) is 5.04. The lowest BCUT2D eigenvalue weighted by molar-refractivity contribution is 0.602. The molecule has 0 aliphatic heterocycles. The maximum atomic E-state index is 4.20. The average molecular weight is 282 g/mol. The summed E-state index contributed by atoms with van der Waals surface area (Å²) in [4.78, 5) is 5.52. The fourth-order valence-corrected chi connectivity index (χ4v) is 1.90. The van der Waals surface area contributed by atoms with Crippen molar-refractivity contribution in [2.75, 3.05) is 3.53 Å². The fraction of sp³-hybridized carbons (Fsp3) is 0.571. The van der Waals surface area contributed by atoms with Crippen LogP contribution in [0.5, 0.6) is 0 Å². The van der Waals surface area contributed by atoms with E-state index in [4.69, 9.17) is 0 Å². The summed E-state index contributed by atoms with van der Waals surface area (Å²) in [5.41, 5.74) is 0.226. The summed E-state index contributed by atoms with van der Waals surface area (Å²) in [7, 11) is 0. The van der Waals surface area contributed by atoms with E-state index in [-0.39, 0.29) is 5.41 Å². The molecule has 1 N–H and O–H groups in total. The van der Waals surface area contributed by atoms with Crippen molar-refractivity contribution in [3.63, 3.8) is 0 Å². The molecule has 1 heterocycles. The van der Waals surface area contributed by atoms with Gasteiger partial charge in [-0.3, -0.25) is 0 Å².